The summed E-state index contributed by atoms with van der Waals surface area (Å²) in [4.78, 5) is 16.6. The maximum absolute atomic E-state index is 12.1. The zero-order valence-corrected chi connectivity index (χ0v) is 15.6. The molecular weight excluding hydrogens is 353 g/mol. The number of nitrogens with two attached hydrogens (primary N) is 1. The minimum Gasteiger partial charge on any atom is -0.347 e. The zero-order valence-electron chi connectivity index (χ0n) is 13.2. The van der Waals surface area contributed by atoms with E-state index in [0.29, 0.717) is 6.42 Å². The van der Waals surface area contributed by atoms with Gasteiger partial charge in [0.1, 0.15) is 0 Å². The Balaban J connectivity index is 0.00000242. The van der Waals surface area contributed by atoms with E-state index in [0.717, 1.165) is 22.7 Å². The summed E-state index contributed by atoms with van der Waals surface area (Å²) in [6.45, 7) is 4.00. The monoisotopic (exact) mass is 375 g/mol. The predicted octanol–water partition coefficient (Wildman–Crippen LogP) is 3.30. The topological polar surface area (TPSA) is 68.0 Å². The van der Waals surface area contributed by atoms with Gasteiger partial charge in [-0.25, -0.2) is 4.98 Å². The molecule has 4 nitrogen and oxygen atoms in total. The largest absolute Gasteiger partial charge is 0.347 e. The number of aryl methyl sites for hydroxylation is 1. The average molecular weight is 376 g/mol. The van der Waals surface area contributed by atoms with Crippen LogP contribution >= 0.6 is 36.2 Å². The first-order valence-corrected chi connectivity index (χ1v) is 8.02. The third-order valence-corrected chi connectivity index (χ3v) is 4.32. The zero-order chi connectivity index (χ0) is 15.2. The molecule has 0 bridgehead atoms. The van der Waals surface area contributed by atoms with Gasteiger partial charge >= 0.3 is 0 Å². The molecule has 3 N–H and O–H groups in total. The average Bonchev–Trinajstić information content (AvgIpc) is 2.97. The van der Waals surface area contributed by atoms with Crippen LogP contribution in [0.5, 0.6) is 0 Å². The number of thiazole rings is 1. The summed E-state index contributed by atoms with van der Waals surface area (Å²) < 4.78 is 0. The molecule has 128 valence electrons. The number of nitrogens with one attached hydrogen (secondary N) is 1. The van der Waals surface area contributed by atoms with E-state index in [1.54, 1.807) is 11.3 Å². The van der Waals surface area contributed by atoms with Crippen molar-refractivity contribution in [2.24, 2.45) is 5.73 Å². The first kappa shape index (κ1) is 21.9. The number of hydrogen-bond acceptors (Lipinski definition) is 4. The van der Waals surface area contributed by atoms with E-state index in [-0.39, 0.29) is 36.8 Å². The molecule has 0 fully saturated rings. The number of rotatable bonds is 6. The smallest absolute Gasteiger partial charge is 0.237 e. The Bertz CT molecular complexity index is 592. The molecule has 1 aromatic heterocycles. The Kier molecular flexibility index (Phi) is 10.1. The molecule has 0 aliphatic heterocycles. The van der Waals surface area contributed by atoms with Gasteiger partial charge in [-0.1, -0.05) is 37.3 Å². The second-order valence-corrected chi connectivity index (χ2v) is 5.99. The molecule has 0 aliphatic rings. The highest BCUT2D eigenvalue weighted by atomic mass is 35.5. The number of carbonyl (C=O) groups is 1. The lowest BCUT2D eigenvalue weighted by Gasteiger charge is -2.16. The standard InChI is InChI=1S/C16H21N3OS.2ClH/c1-3-15-19-14(10-21-15)11(2)18-16(20)13(17)9-12-7-5-4-6-8-12;;/h4-8,10-11,13H,3,9,17H2,1-2H3,(H,18,20);2*1H. The van der Waals surface area contributed by atoms with Gasteiger partial charge in [0.05, 0.1) is 22.8 Å². The summed E-state index contributed by atoms with van der Waals surface area (Å²) >= 11 is 1.62. The quantitative estimate of drug-likeness (QED) is 0.813. The van der Waals surface area contributed by atoms with Crippen molar-refractivity contribution < 1.29 is 4.79 Å². The van der Waals surface area contributed by atoms with Crippen molar-refractivity contribution in [3.63, 3.8) is 0 Å². The molecule has 1 heterocycles. The van der Waals surface area contributed by atoms with Gasteiger partial charge in [0.15, 0.2) is 0 Å². The van der Waals surface area contributed by atoms with Crippen LogP contribution in [-0.4, -0.2) is 16.9 Å². The first-order chi connectivity index (χ1) is 10.1. The lowest BCUT2D eigenvalue weighted by molar-refractivity contribution is -0.123. The number of nitrogens with zero attached hydrogens (tertiary/aromatic N) is 1. The number of aromatic nitrogens is 1. The van der Waals surface area contributed by atoms with Crippen LogP contribution in [-0.2, 0) is 17.6 Å². The Labute approximate surface area is 153 Å². The molecule has 2 atom stereocenters. The molecule has 23 heavy (non-hydrogen) atoms. The van der Waals surface area contributed by atoms with Gasteiger partial charge in [0.25, 0.3) is 0 Å². The van der Waals surface area contributed by atoms with Crippen molar-refractivity contribution in [1.82, 2.24) is 10.3 Å². The van der Waals surface area contributed by atoms with Gasteiger partial charge in [-0.05, 0) is 25.3 Å². The van der Waals surface area contributed by atoms with Crippen molar-refractivity contribution in [1.29, 1.82) is 0 Å². The number of hydrogen-bond donors (Lipinski definition) is 2. The van der Waals surface area contributed by atoms with Crippen LogP contribution in [0.1, 0.15) is 36.2 Å². The van der Waals surface area contributed by atoms with Crippen molar-refractivity contribution in [3.05, 3.63) is 52.0 Å². The van der Waals surface area contributed by atoms with Gasteiger partial charge in [-0.15, -0.1) is 36.2 Å². The van der Waals surface area contributed by atoms with Crippen LogP contribution in [0.2, 0.25) is 0 Å². The molecule has 0 saturated heterocycles. The SMILES string of the molecule is CCc1nc(C(C)NC(=O)C(N)Cc2ccccc2)cs1.Cl.Cl. The van der Waals surface area contributed by atoms with Crippen molar-refractivity contribution in [2.75, 3.05) is 0 Å². The normalized spacial score (nSPS) is 12.5. The highest BCUT2D eigenvalue weighted by Gasteiger charge is 2.18. The highest BCUT2D eigenvalue weighted by Crippen LogP contribution is 2.17. The van der Waals surface area contributed by atoms with E-state index < -0.39 is 6.04 Å². The highest BCUT2D eigenvalue weighted by molar-refractivity contribution is 7.09. The second-order valence-electron chi connectivity index (χ2n) is 5.05. The number of amides is 1. The van der Waals surface area contributed by atoms with E-state index in [4.69, 9.17) is 5.73 Å². The maximum atomic E-state index is 12.1. The van der Waals surface area contributed by atoms with Crippen LogP contribution < -0.4 is 11.1 Å². The molecule has 1 aromatic carbocycles. The Hall–Kier alpha value is -1.14. The van der Waals surface area contributed by atoms with Crippen LogP contribution in [0.25, 0.3) is 0 Å². The number of carbonyl (C=O) groups excluding carboxylic acids is 1. The molecular formula is C16H23Cl2N3OS. The van der Waals surface area contributed by atoms with E-state index in [9.17, 15) is 4.79 Å². The van der Waals surface area contributed by atoms with Gasteiger partial charge in [-0.3, -0.25) is 4.79 Å². The summed E-state index contributed by atoms with van der Waals surface area (Å²) in [5, 5.41) is 6.01. The molecule has 0 spiro atoms. The molecule has 2 aromatic rings. The van der Waals surface area contributed by atoms with Crippen LogP contribution in [0, 0.1) is 0 Å². The summed E-state index contributed by atoms with van der Waals surface area (Å²) in [7, 11) is 0. The van der Waals surface area contributed by atoms with Crippen molar-refractivity contribution in [2.45, 2.75) is 38.8 Å². The summed E-state index contributed by atoms with van der Waals surface area (Å²) in [5.74, 6) is -0.141. The van der Waals surface area contributed by atoms with E-state index in [1.165, 1.54) is 0 Å². The molecule has 1 amide bonds. The van der Waals surface area contributed by atoms with E-state index in [2.05, 4.69) is 17.2 Å². The van der Waals surface area contributed by atoms with Gasteiger partial charge < -0.3 is 11.1 Å². The van der Waals surface area contributed by atoms with Gasteiger partial charge in [0, 0.05) is 5.38 Å². The fourth-order valence-electron chi connectivity index (χ4n) is 2.04. The van der Waals surface area contributed by atoms with E-state index in [1.807, 2.05) is 42.6 Å². The Morgan fingerprint density at radius 3 is 2.52 bits per heavy atom. The third kappa shape index (κ3) is 6.47. The summed E-state index contributed by atoms with van der Waals surface area (Å²) in [5.41, 5.74) is 7.94. The summed E-state index contributed by atoms with van der Waals surface area (Å²) in [6, 6.07) is 9.14. The lowest BCUT2D eigenvalue weighted by atomic mass is 10.1. The first-order valence-electron chi connectivity index (χ1n) is 7.14. The Morgan fingerprint density at radius 2 is 1.96 bits per heavy atom. The molecule has 2 unspecified atom stereocenters. The van der Waals surface area contributed by atoms with Crippen LogP contribution in [0.3, 0.4) is 0 Å². The van der Waals surface area contributed by atoms with Gasteiger partial charge in [0.2, 0.25) is 5.91 Å². The molecule has 0 radical (unpaired) electrons. The molecule has 2 rings (SSSR count). The number of benzene rings is 1. The fourth-order valence-corrected chi connectivity index (χ4v) is 2.88. The summed E-state index contributed by atoms with van der Waals surface area (Å²) in [6.07, 6.45) is 1.45. The fraction of sp³-hybridized carbons (Fsp3) is 0.375. The molecule has 7 heteroatoms. The minimum absolute atomic E-state index is 0. The predicted molar refractivity (Wildman–Crippen MR) is 101 cm³/mol. The van der Waals surface area contributed by atoms with Crippen molar-refractivity contribution >= 4 is 42.1 Å². The molecule has 0 saturated carbocycles. The minimum atomic E-state index is -0.542. The van der Waals surface area contributed by atoms with E-state index >= 15 is 0 Å². The maximum Gasteiger partial charge on any atom is 0.237 e. The van der Waals surface area contributed by atoms with Crippen LogP contribution in [0.15, 0.2) is 35.7 Å². The van der Waals surface area contributed by atoms with Crippen molar-refractivity contribution in [3.8, 4) is 0 Å². The third-order valence-electron chi connectivity index (χ3n) is 3.31. The van der Waals surface area contributed by atoms with Crippen LogP contribution in [0.4, 0.5) is 0 Å². The lowest BCUT2D eigenvalue weighted by Crippen LogP contribution is -2.43. The Morgan fingerprint density at radius 1 is 1.30 bits per heavy atom. The number of halogens is 2. The second kappa shape index (κ2) is 10.6. The molecule has 0 aliphatic carbocycles. The van der Waals surface area contributed by atoms with Gasteiger partial charge in [-0.2, -0.15) is 0 Å².